The SMILES string of the molecule is CCOc1cc(/C=C2\SC(=Nc3c(C)cccc3O)NC2=O)ccc1O. The van der Waals surface area contributed by atoms with E-state index < -0.39 is 0 Å². The fourth-order valence-corrected chi connectivity index (χ4v) is 3.24. The van der Waals surface area contributed by atoms with Crippen molar-refractivity contribution in [2.75, 3.05) is 6.61 Å². The molecule has 1 aliphatic rings. The highest BCUT2D eigenvalue weighted by molar-refractivity contribution is 8.18. The molecule has 2 aromatic rings. The van der Waals surface area contributed by atoms with Crippen LogP contribution in [0.1, 0.15) is 18.1 Å². The normalized spacial score (nSPS) is 16.9. The van der Waals surface area contributed by atoms with E-state index in [1.54, 1.807) is 30.3 Å². The maximum absolute atomic E-state index is 12.2. The van der Waals surface area contributed by atoms with Gasteiger partial charge in [0, 0.05) is 0 Å². The minimum Gasteiger partial charge on any atom is -0.506 e. The number of rotatable bonds is 4. The number of amides is 1. The van der Waals surface area contributed by atoms with Crippen LogP contribution in [0.3, 0.4) is 0 Å². The Morgan fingerprint density at radius 2 is 2.04 bits per heavy atom. The van der Waals surface area contributed by atoms with E-state index in [0.717, 1.165) is 11.1 Å². The molecule has 134 valence electrons. The molecular formula is C19H18N2O4S. The number of para-hydroxylation sites is 1. The molecule has 0 saturated carbocycles. The van der Waals surface area contributed by atoms with E-state index in [-0.39, 0.29) is 17.4 Å². The van der Waals surface area contributed by atoms with Crippen molar-refractivity contribution in [2.45, 2.75) is 13.8 Å². The maximum atomic E-state index is 12.2. The second kappa shape index (κ2) is 7.53. The summed E-state index contributed by atoms with van der Waals surface area (Å²) in [6, 6.07) is 10.0. The van der Waals surface area contributed by atoms with Crippen molar-refractivity contribution in [3.8, 4) is 17.2 Å². The van der Waals surface area contributed by atoms with E-state index in [4.69, 9.17) is 4.74 Å². The first-order valence-electron chi connectivity index (χ1n) is 8.02. The fraction of sp³-hybridized carbons (Fsp3) is 0.158. The van der Waals surface area contributed by atoms with E-state index in [9.17, 15) is 15.0 Å². The topological polar surface area (TPSA) is 91.2 Å². The lowest BCUT2D eigenvalue weighted by molar-refractivity contribution is -0.115. The molecule has 6 nitrogen and oxygen atoms in total. The summed E-state index contributed by atoms with van der Waals surface area (Å²) in [5.41, 5.74) is 1.97. The van der Waals surface area contributed by atoms with Crippen LogP contribution in [-0.4, -0.2) is 27.9 Å². The molecule has 0 bridgehead atoms. The van der Waals surface area contributed by atoms with Crippen LogP contribution < -0.4 is 10.1 Å². The number of phenols is 2. The lowest BCUT2D eigenvalue weighted by atomic mass is 10.2. The Morgan fingerprint density at radius 1 is 1.23 bits per heavy atom. The molecule has 1 aliphatic heterocycles. The summed E-state index contributed by atoms with van der Waals surface area (Å²) in [6.07, 6.45) is 1.70. The first kappa shape index (κ1) is 17.9. The summed E-state index contributed by atoms with van der Waals surface area (Å²) in [5.74, 6) is 0.205. The molecule has 26 heavy (non-hydrogen) atoms. The molecule has 0 radical (unpaired) electrons. The summed E-state index contributed by atoms with van der Waals surface area (Å²) in [6.45, 7) is 4.09. The minimum absolute atomic E-state index is 0.0507. The van der Waals surface area contributed by atoms with Gasteiger partial charge in [0.25, 0.3) is 5.91 Å². The van der Waals surface area contributed by atoms with Gasteiger partial charge in [0.1, 0.15) is 11.4 Å². The van der Waals surface area contributed by atoms with Gasteiger partial charge in [0.15, 0.2) is 16.7 Å². The molecular weight excluding hydrogens is 352 g/mol. The molecule has 1 amide bonds. The van der Waals surface area contributed by atoms with E-state index >= 15 is 0 Å². The highest BCUT2D eigenvalue weighted by Gasteiger charge is 2.24. The van der Waals surface area contributed by atoms with Crippen LogP contribution in [0, 0.1) is 6.92 Å². The van der Waals surface area contributed by atoms with Crippen molar-refractivity contribution in [3.05, 3.63) is 52.4 Å². The molecule has 1 heterocycles. The third-order valence-corrected chi connectivity index (χ3v) is 4.57. The number of aliphatic imine (C=N–C) groups is 1. The molecule has 0 spiro atoms. The molecule has 0 aromatic heterocycles. The number of aryl methyl sites for hydroxylation is 1. The van der Waals surface area contributed by atoms with Crippen molar-refractivity contribution in [2.24, 2.45) is 4.99 Å². The van der Waals surface area contributed by atoms with Gasteiger partial charge in [0.2, 0.25) is 0 Å². The van der Waals surface area contributed by atoms with Gasteiger partial charge in [0.05, 0.1) is 11.5 Å². The molecule has 0 aliphatic carbocycles. The van der Waals surface area contributed by atoms with Gasteiger partial charge >= 0.3 is 0 Å². The van der Waals surface area contributed by atoms with Crippen LogP contribution >= 0.6 is 11.8 Å². The number of phenolic OH excluding ortho intramolecular Hbond substituents is 2. The Bertz CT molecular complexity index is 902. The second-order valence-corrected chi connectivity index (χ2v) is 6.62. The number of thioether (sulfide) groups is 1. The van der Waals surface area contributed by atoms with E-state index in [1.807, 2.05) is 19.9 Å². The number of hydrogen-bond acceptors (Lipinski definition) is 6. The standard InChI is InChI=1S/C19H18N2O4S/c1-3-25-15-9-12(7-8-13(15)22)10-16-18(24)21-19(26-16)20-17-11(2)5-4-6-14(17)23/h4-10,22-23H,3H2,1-2H3,(H,20,21,24)/b16-10-. The summed E-state index contributed by atoms with van der Waals surface area (Å²) >= 11 is 1.19. The predicted molar refractivity (Wildman–Crippen MR) is 103 cm³/mol. The van der Waals surface area contributed by atoms with Crippen molar-refractivity contribution >= 4 is 34.6 Å². The van der Waals surface area contributed by atoms with Crippen LogP contribution in [0.4, 0.5) is 5.69 Å². The molecule has 1 fully saturated rings. The van der Waals surface area contributed by atoms with Crippen LogP contribution in [0.5, 0.6) is 17.2 Å². The maximum Gasteiger partial charge on any atom is 0.264 e. The zero-order valence-electron chi connectivity index (χ0n) is 14.3. The lowest BCUT2D eigenvalue weighted by Gasteiger charge is -2.06. The number of nitrogens with zero attached hydrogens (tertiary/aromatic N) is 1. The number of ether oxygens (including phenoxy) is 1. The first-order valence-corrected chi connectivity index (χ1v) is 8.83. The average Bonchev–Trinajstić information content (AvgIpc) is 2.94. The van der Waals surface area contributed by atoms with E-state index in [0.29, 0.717) is 28.1 Å². The molecule has 3 rings (SSSR count). The largest absolute Gasteiger partial charge is 0.506 e. The summed E-state index contributed by atoms with van der Waals surface area (Å²) in [4.78, 5) is 17.0. The number of carbonyl (C=O) groups is 1. The predicted octanol–water partition coefficient (Wildman–Crippen LogP) is 3.70. The Morgan fingerprint density at radius 3 is 2.77 bits per heavy atom. The zero-order chi connectivity index (χ0) is 18.7. The van der Waals surface area contributed by atoms with Gasteiger partial charge in [-0.05, 0) is 61.0 Å². The zero-order valence-corrected chi connectivity index (χ0v) is 15.1. The van der Waals surface area contributed by atoms with E-state index in [2.05, 4.69) is 10.3 Å². The third kappa shape index (κ3) is 3.83. The van der Waals surface area contributed by atoms with Gasteiger partial charge in [-0.25, -0.2) is 4.99 Å². The molecule has 2 aromatic carbocycles. The average molecular weight is 370 g/mol. The fourth-order valence-electron chi connectivity index (χ4n) is 2.41. The summed E-state index contributed by atoms with van der Waals surface area (Å²) in [5, 5.41) is 22.8. The third-order valence-electron chi connectivity index (χ3n) is 3.66. The van der Waals surface area contributed by atoms with Crippen LogP contribution in [0.2, 0.25) is 0 Å². The van der Waals surface area contributed by atoms with Crippen LogP contribution in [0.15, 0.2) is 46.3 Å². The summed E-state index contributed by atoms with van der Waals surface area (Å²) < 4.78 is 5.36. The van der Waals surface area contributed by atoms with Gasteiger partial charge in [-0.15, -0.1) is 0 Å². The van der Waals surface area contributed by atoms with Crippen molar-refractivity contribution in [1.82, 2.24) is 5.32 Å². The minimum atomic E-state index is -0.271. The Balaban J connectivity index is 1.87. The molecule has 3 N–H and O–H groups in total. The lowest BCUT2D eigenvalue weighted by Crippen LogP contribution is -2.19. The number of hydrogen-bond donors (Lipinski definition) is 3. The van der Waals surface area contributed by atoms with Gasteiger partial charge in [-0.1, -0.05) is 18.2 Å². The number of benzene rings is 2. The Hall–Kier alpha value is -2.93. The van der Waals surface area contributed by atoms with E-state index in [1.165, 1.54) is 17.8 Å². The number of nitrogens with one attached hydrogen (secondary N) is 1. The quantitative estimate of drug-likeness (QED) is 0.714. The van der Waals surface area contributed by atoms with Gasteiger partial charge < -0.3 is 20.3 Å². The van der Waals surface area contributed by atoms with Crippen molar-refractivity contribution < 1.29 is 19.7 Å². The van der Waals surface area contributed by atoms with Crippen molar-refractivity contribution in [3.63, 3.8) is 0 Å². The monoisotopic (exact) mass is 370 g/mol. The highest BCUT2D eigenvalue weighted by Crippen LogP contribution is 2.34. The van der Waals surface area contributed by atoms with Gasteiger partial charge in [-0.3, -0.25) is 4.79 Å². The highest BCUT2D eigenvalue weighted by atomic mass is 32.2. The molecule has 7 heteroatoms. The number of carbonyl (C=O) groups excluding carboxylic acids is 1. The molecule has 1 saturated heterocycles. The Kier molecular flexibility index (Phi) is 5.18. The second-order valence-electron chi connectivity index (χ2n) is 5.58. The number of aromatic hydroxyl groups is 2. The smallest absolute Gasteiger partial charge is 0.264 e. The van der Waals surface area contributed by atoms with Crippen LogP contribution in [0.25, 0.3) is 6.08 Å². The van der Waals surface area contributed by atoms with Crippen LogP contribution in [-0.2, 0) is 4.79 Å². The Labute approximate surface area is 155 Å². The number of amidine groups is 1. The summed E-state index contributed by atoms with van der Waals surface area (Å²) in [7, 11) is 0. The molecule has 0 atom stereocenters. The van der Waals surface area contributed by atoms with Crippen molar-refractivity contribution in [1.29, 1.82) is 0 Å². The first-order chi connectivity index (χ1) is 12.5. The van der Waals surface area contributed by atoms with Gasteiger partial charge in [-0.2, -0.15) is 0 Å². The molecule has 0 unspecified atom stereocenters.